The molecule has 1 amide bonds. The summed E-state index contributed by atoms with van der Waals surface area (Å²) >= 11 is 0. The molecular formula is C22H24F4N2O3S. The Labute approximate surface area is 184 Å². The molecule has 2 atom stereocenters. The summed E-state index contributed by atoms with van der Waals surface area (Å²) in [6.45, 7) is 3.83. The van der Waals surface area contributed by atoms with Gasteiger partial charge in [0.1, 0.15) is 0 Å². The molecule has 1 aliphatic rings. The highest BCUT2D eigenvalue weighted by Gasteiger charge is 2.39. The third-order valence-corrected chi connectivity index (χ3v) is 6.19. The topological polar surface area (TPSA) is 66.5 Å². The Balaban J connectivity index is 1.98. The number of carbonyl (C=O) groups excluding carboxylic acids is 1. The van der Waals surface area contributed by atoms with Crippen LogP contribution in [0.2, 0.25) is 0 Å². The van der Waals surface area contributed by atoms with Crippen molar-refractivity contribution in [2.75, 3.05) is 12.8 Å². The van der Waals surface area contributed by atoms with Crippen LogP contribution in [0.15, 0.2) is 30.3 Å². The molecule has 3 rings (SSSR count). The van der Waals surface area contributed by atoms with E-state index < -0.39 is 50.9 Å². The van der Waals surface area contributed by atoms with Crippen LogP contribution in [0.3, 0.4) is 0 Å². The van der Waals surface area contributed by atoms with Crippen molar-refractivity contribution in [3.63, 3.8) is 0 Å². The van der Waals surface area contributed by atoms with Crippen LogP contribution in [0.4, 0.5) is 17.6 Å². The molecule has 0 aromatic heterocycles. The summed E-state index contributed by atoms with van der Waals surface area (Å²) < 4.78 is 82.0. The molecule has 0 spiro atoms. The number of hydrogen-bond acceptors (Lipinski definition) is 3. The highest BCUT2D eigenvalue weighted by atomic mass is 32.2. The fraction of sp³-hybridized carbons (Fsp3) is 0.409. The van der Waals surface area contributed by atoms with Gasteiger partial charge >= 0.3 is 0 Å². The number of benzene rings is 2. The summed E-state index contributed by atoms with van der Waals surface area (Å²) in [7, 11) is -3.54. The molecule has 0 radical (unpaired) electrons. The maximum Gasteiger partial charge on any atom is 0.225 e. The minimum absolute atomic E-state index is 0.0664. The predicted octanol–water partition coefficient (Wildman–Crippen LogP) is 3.63. The number of likely N-dealkylation sites (tertiary alicyclic amines) is 1. The Hall–Kier alpha value is -2.46. The molecule has 0 unspecified atom stereocenters. The molecule has 0 bridgehead atoms. The molecule has 1 aliphatic heterocycles. The summed E-state index contributed by atoms with van der Waals surface area (Å²) in [4.78, 5) is 14.3. The van der Waals surface area contributed by atoms with Crippen LogP contribution in [0, 0.1) is 29.2 Å². The molecule has 5 nitrogen and oxygen atoms in total. The molecule has 1 saturated heterocycles. The zero-order chi connectivity index (χ0) is 23.8. The van der Waals surface area contributed by atoms with Gasteiger partial charge in [0, 0.05) is 24.6 Å². The quantitative estimate of drug-likeness (QED) is 0.516. The normalized spacial score (nSPS) is 19.1. The van der Waals surface area contributed by atoms with Crippen LogP contribution in [-0.4, -0.2) is 44.1 Å². The lowest BCUT2D eigenvalue weighted by atomic mass is 9.96. The zero-order valence-corrected chi connectivity index (χ0v) is 18.6. The molecule has 2 aromatic rings. The van der Waals surface area contributed by atoms with Gasteiger partial charge in [-0.25, -0.2) is 30.7 Å². The Kier molecular flexibility index (Phi) is 6.94. The lowest BCUT2D eigenvalue weighted by Gasteiger charge is -2.30. The molecule has 174 valence electrons. The first-order valence-electron chi connectivity index (χ1n) is 10.1. The summed E-state index contributed by atoms with van der Waals surface area (Å²) in [5.74, 6) is -6.48. The molecule has 1 N–H and O–H groups in total. The van der Waals surface area contributed by atoms with Crippen LogP contribution in [0.25, 0.3) is 11.1 Å². The summed E-state index contributed by atoms with van der Waals surface area (Å²) in [5.41, 5.74) is -0.361. The van der Waals surface area contributed by atoms with Crippen molar-refractivity contribution in [1.82, 2.24) is 9.62 Å². The Morgan fingerprint density at radius 2 is 1.75 bits per heavy atom. The van der Waals surface area contributed by atoms with Gasteiger partial charge in [0.25, 0.3) is 0 Å². The van der Waals surface area contributed by atoms with Gasteiger partial charge in [-0.1, -0.05) is 38.1 Å². The molecule has 1 heterocycles. The lowest BCUT2D eigenvalue weighted by molar-refractivity contribution is -0.135. The van der Waals surface area contributed by atoms with E-state index in [0.717, 1.165) is 6.26 Å². The number of amides is 1. The molecule has 10 heteroatoms. The smallest absolute Gasteiger partial charge is 0.225 e. The monoisotopic (exact) mass is 472 g/mol. The van der Waals surface area contributed by atoms with Gasteiger partial charge in [0.15, 0.2) is 23.3 Å². The highest BCUT2D eigenvalue weighted by Crippen LogP contribution is 2.31. The predicted molar refractivity (Wildman–Crippen MR) is 112 cm³/mol. The van der Waals surface area contributed by atoms with Gasteiger partial charge in [-0.15, -0.1) is 0 Å². The second kappa shape index (κ2) is 9.19. The summed E-state index contributed by atoms with van der Waals surface area (Å²) in [6, 6.07) is 4.89. The van der Waals surface area contributed by atoms with E-state index >= 15 is 0 Å². The van der Waals surface area contributed by atoms with Gasteiger partial charge in [-0.05, 0) is 24.0 Å². The lowest BCUT2D eigenvalue weighted by Crippen LogP contribution is -2.48. The van der Waals surface area contributed by atoms with Gasteiger partial charge in [0.05, 0.1) is 17.9 Å². The van der Waals surface area contributed by atoms with E-state index in [1.807, 2.05) is 0 Å². The van der Waals surface area contributed by atoms with Gasteiger partial charge in [0.2, 0.25) is 15.9 Å². The van der Waals surface area contributed by atoms with Crippen molar-refractivity contribution in [1.29, 1.82) is 0 Å². The number of halogens is 4. The van der Waals surface area contributed by atoms with Crippen molar-refractivity contribution >= 4 is 15.9 Å². The Morgan fingerprint density at radius 1 is 1.12 bits per heavy atom. The van der Waals surface area contributed by atoms with Gasteiger partial charge in [-0.3, -0.25) is 4.79 Å². The van der Waals surface area contributed by atoms with E-state index in [2.05, 4.69) is 4.72 Å². The van der Waals surface area contributed by atoms with Crippen molar-refractivity contribution in [3.05, 3.63) is 59.2 Å². The number of rotatable bonds is 6. The number of nitrogens with one attached hydrogen (secondary N) is 1. The maximum absolute atomic E-state index is 14.3. The number of carbonyl (C=O) groups is 1. The first kappa shape index (κ1) is 24.2. The average molecular weight is 473 g/mol. The maximum atomic E-state index is 14.3. The first-order chi connectivity index (χ1) is 14.9. The van der Waals surface area contributed by atoms with Crippen LogP contribution in [-0.2, 0) is 21.2 Å². The van der Waals surface area contributed by atoms with E-state index in [-0.39, 0.29) is 29.9 Å². The minimum atomic E-state index is -3.54. The second-order valence-corrected chi connectivity index (χ2v) is 10.1. The SMILES string of the molecule is CC(C)C(=O)N1CC[C@@H](NS(C)(=O)=O)[C@H]1Cc1cccc(-c2c(F)c(F)cc(F)c2F)c1. The van der Waals surface area contributed by atoms with Crippen LogP contribution < -0.4 is 4.72 Å². The zero-order valence-electron chi connectivity index (χ0n) is 17.8. The minimum Gasteiger partial charge on any atom is -0.337 e. The molecule has 0 saturated carbocycles. The van der Waals surface area contributed by atoms with E-state index in [0.29, 0.717) is 18.5 Å². The van der Waals surface area contributed by atoms with Crippen LogP contribution in [0.5, 0.6) is 0 Å². The fourth-order valence-corrected chi connectivity index (χ4v) is 4.87. The Bertz CT molecular complexity index is 1110. The highest BCUT2D eigenvalue weighted by molar-refractivity contribution is 7.88. The third-order valence-electron chi connectivity index (χ3n) is 5.46. The van der Waals surface area contributed by atoms with E-state index in [1.165, 1.54) is 18.2 Å². The van der Waals surface area contributed by atoms with Crippen molar-refractivity contribution in [3.8, 4) is 11.1 Å². The van der Waals surface area contributed by atoms with Crippen LogP contribution in [0.1, 0.15) is 25.8 Å². The molecule has 32 heavy (non-hydrogen) atoms. The van der Waals surface area contributed by atoms with Gasteiger partial charge in [-0.2, -0.15) is 0 Å². The third kappa shape index (κ3) is 5.12. The first-order valence-corrected chi connectivity index (χ1v) is 12.0. The number of sulfonamides is 1. The Morgan fingerprint density at radius 3 is 2.31 bits per heavy atom. The standard InChI is InChI=1S/C22H24F4N2O3S/c1-12(2)22(29)28-8-7-17(27-32(3,30)31)18(28)10-13-5-4-6-14(9-13)19-20(25)15(23)11-16(24)21(19)26/h4-6,9,11-12,17-18,27H,7-8,10H2,1-3H3/t17-,18-/m1/s1. The van der Waals surface area contributed by atoms with Crippen molar-refractivity contribution < 1.29 is 30.8 Å². The summed E-state index contributed by atoms with van der Waals surface area (Å²) in [6.07, 6.45) is 1.62. The number of nitrogens with zero attached hydrogens (tertiary/aromatic N) is 1. The van der Waals surface area contributed by atoms with Crippen molar-refractivity contribution in [2.24, 2.45) is 5.92 Å². The van der Waals surface area contributed by atoms with Crippen molar-refractivity contribution in [2.45, 2.75) is 38.8 Å². The summed E-state index contributed by atoms with van der Waals surface area (Å²) in [5, 5.41) is 0. The van der Waals surface area contributed by atoms with Crippen LogP contribution >= 0.6 is 0 Å². The number of hydrogen-bond donors (Lipinski definition) is 1. The molecule has 0 aliphatic carbocycles. The molecule has 2 aromatic carbocycles. The second-order valence-electron chi connectivity index (χ2n) is 8.29. The van der Waals surface area contributed by atoms with E-state index in [1.54, 1.807) is 24.8 Å². The molecule has 1 fully saturated rings. The van der Waals surface area contributed by atoms with E-state index in [9.17, 15) is 30.8 Å². The largest absolute Gasteiger partial charge is 0.337 e. The fourth-order valence-electron chi connectivity index (χ4n) is 4.05. The average Bonchev–Trinajstić information content (AvgIpc) is 3.06. The van der Waals surface area contributed by atoms with E-state index in [4.69, 9.17) is 0 Å². The van der Waals surface area contributed by atoms with Gasteiger partial charge < -0.3 is 4.90 Å². The molecular weight excluding hydrogens is 448 g/mol.